The van der Waals surface area contributed by atoms with Crippen molar-refractivity contribution in [1.82, 2.24) is 0 Å². The van der Waals surface area contributed by atoms with Gasteiger partial charge in [0.05, 0.1) is 18.1 Å². The summed E-state index contributed by atoms with van der Waals surface area (Å²) in [6, 6.07) is 2.64. The van der Waals surface area contributed by atoms with E-state index in [1.54, 1.807) is 4.90 Å². The highest BCUT2D eigenvalue weighted by molar-refractivity contribution is 5.80. The number of hydrogen-bond acceptors (Lipinski definition) is 6. The smallest absolute Gasteiger partial charge is 0.293 e. The maximum absolute atomic E-state index is 11.2. The van der Waals surface area contributed by atoms with Crippen LogP contribution in [0.5, 0.6) is 5.75 Å². The molecule has 1 aliphatic rings. The van der Waals surface area contributed by atoms with E-state index < -0.39 is 4.92 Å². The van der Waals surface area contributed by atoms with Crippen LogP contribution in [0.15, 0.2) is 12.1 Å². The Morgan fingerprint density at radius 3 is 2.65 bits per heavy atom. The fraction of sp³-hybridized carbons (Fsp3) is 0.462. The van der Waals surface area contributed by atoms with Crippen LogP contribution in [0.1, 0.15) is 12.5 Å². The van der Waals surface area contributed by atoms with Crippen molar-refractivity contribution in [2.24, 2.45) is 0 Å². The minimum absolute atomic E-state index is 0.0178. The second kappa shape index (κ2) is 5.87. The Bertz CT molecular complexity index is 538. The first-order valence-corrected chi connectivity index (χ1v) is 6.31. The molecule has 7 heteroatoms. The van der Waals surface area contributed by atoms with Crippen LogP contribution >= 0.6 is 0 Å². The number of anilines is 1. The van der Waals surface area contributed by atoms with Crippen LogP contribution in [0.3, 0.4) is 0 Å². The molecule has 7 nitrogen and oxygen atoms in total. The van der Waals surface area contributed by atoms with E-state index in [2.05, 4.69) is 0 Å². The molecule has 0 bridgehead atoms. The van der Waals surface area contributed by atoms with E-state index in [1.807, 2.05) is 0 Å². The summed E-state index contributed by atoms with van der Waals surface area (Å²) >= 11 is 0. The number of nitrogens with zero attached hydrogens (tertiary/aromatic N) is 2. The van der Waals surface area contributed by atoms with Crippen molar-refractivity contribution in [3.8, 4) is 5.75 Å². The lowest BCUT2D eigenvalue weighted by Gasteiger charge is -2.28. The zero-order valence-corrected chi connectivity index (χ0v) is 11.2. The number of phenols is 1. The molecule has 108 valence electrons. The van der Waals surface area contributed by atoms with Gasteiger partial charge in [-0.3, -0.25) is 14.9 Å². The Labute approximate surface area is 115 Å². The molecule has 1 heterocycles. The summed E-state index contributed by atoms with van der Waals surface area (Å²) in [7, 11) is 0. The van der Waals surface area contributed by atoms with Crippen molar-refractivity contribution in [3.63, 3.8) is 0 Å². The highest BCUT2D eigenvalue weighted by Crippen LogP contribution is 2.35. The number of benzene rings is 1. The third-order valence-corrected chi connectivity index (χ3v) is 3.16. The highest BCUT2D eigenvalue weighted by atomic mass is 16.6. The standard InChI is InChI=1S/C13H16N2O5/c1-9(16)6-10-7-12(15(18)19)11(8-13(10)17)14-2-4-20-5-3-14/h7-8,17H,2-6H2,1H3. The summed E-state index contributed by atoms with van der Waals surface area (Å²) in [5.74, 6) is -0.249. The van der Waals surface area contributed by atoms with E-state index in [0.717, 1.165) is 0 Å². The number of morpholine rings is 1. The van der Waals surface area contributed by atoms with Crippen molar-refractivity contribution >= 4 is 17.2 Å². The van der Waals surface area contributed by atoms with E-state index >= 15 is 0 Å². The molecule has 0 spiro atoms. The number of hydrogen-bond donors (Lipinski definition) is 1. The van der Waals surface area contributed by atoms with Crippen LogP contribution in [-0.4, -0.2) is 42.1 Å². The monoisotopic (exact) mass is 280 g/mol. The van der Waals surface area contributed by atoms with Crippen LogP contribution in [0, 0.1) is 10.1 Å². The van der Waals surface area contributed by atoms with Crippen molar-refractivity contribution in [3.05, 3.63) is 27.8 Å². The number of nitro benzene ring substituents is 1. The fourth-order valence-electron chi connectivity index (χ4n) is 2.22. The van der Waals surface area contributed by atoms with Gasteiger partial charge < -0.3 is 14.7 Å². The summed E-state index contributed by atoms with van der Waals surface area (Å²) in [5, 5.41) is 21.1. The van der Waals surface area contributed by atoms with Crippen LogP contribution in [0.2, 0.25) is 0 Å². The van der Waals surface area contributed by atoms with Gasteiger partial charge in [0.25, 0.3) is 5.69 Å². The number of ketones is 1. The normalized spacial score (nSPS) is 15.2. The molecule has 0 radical (unpaired) electrons. The zero-order chi connectivity index (χ0) is 14.7. The quantitative estimate of drug-likeness (QED) is 0.659. The van der Waals surface area contributed by atoms with Gasteiger partial charge in [-0.2, -0.15) is 0 Å². The van der Waals surface area contributed by atoms with Crippen LogP contribution in [0.25, 0.3) is 0 Å². The number of ether oxygens (including phenoxy) is 1. The molecular formula is C13H16N2O5. The van der Waals surface area contributed by atoms with Crippen molar-refractivity contribution in [1.29, 1.82) is 0 Å². The third-order valence-electron chi connectivity index (χ3n) is 3.16. The molecule has 0 aliphatic carbocycles. The predicted octanol–water partition coefficient (Wildman–Crippen LogP) is 1.27. The predicted molar refractivity (Wildman–Crippen MR) is 72.2 cm³/mol. The second-order valence-electron chi connectivity index (χ2n) is 4.70. The van der Waals surface area contributed by atoms with Gasteiger partial charge >= 0.3 is 0 Å². The number of carbonyl (C=O) groups is 1. The number of Topliss-reactive ketones (excluding diaryl/α,β-unsaturated/α-hetero) is 1. The number of nitro groups is 1. The summed E-state index contributed by atoms with van der Waals surface area (Å²) in [5.41, 5.74) is 0.547. The summed E-state index contributed by atoms with van der Waals surface area (Å²) in [4.78, 5) is 23.6. The Hall–Kier alpha value is -2.15. The van der Waals surface area contributed by atoms with Gasteiger partial charge in [-0.1, -0.05) is 0 Å². The van der Waals surface area contributed by atoms with Gasteiger partial charge in [0, 0.05) is 37.2 Å². The first-order valence-electron chi connectivity index (χ1n) is 6.31. The molecule has 1 fully saturated rings. The Kier molecular flexibility index (Phi) is 4.19. The molecule has 0 atom stereocenters. The largest absolute Gasteiger partial charge is 0.508 e. The van der Waals surface area contributed by atoms with E-state index in [1.165, 1.54) is 19.1 Å². The van der Waals surface area contributed by atoms with E-state index in [4.69, 9.17) is 4.74 Å². The molecule has 20 heavy (non-hydrogen) atoms. The molecule has 0 aromatic heterocycles. The van der Waals surface area contributed by atoms with Gasteiger partial charge in [-0.15, -0.1) is 0 Å². The molecule has 1 saturated heterocycles. The van der Waals surface area contributed by atoms with Gasteiger partial charge in [-0.05, 0) is 6.92 Å². The summed E-state index contributed by atoms with van der Waals surface area (Å²) in [6.45, 7) is 3.43. The molecule has 1 aromatic rings. The van der Waals surface area contributed by atoms with Crippen molar-refractivity contribution < 1.29 is 19.6 Å². The van der Waals surface area contributed by atoms with E-state index in [0.29, 0.717) is 32.0 Å². The Morgan fingerprint density at radius 2 is 2.10 bits per heavy atom. The highest BCUT2D eigenvalue weighted by Gasteiger charge is 2.24. The minimum Gasteiger partial charge on any atom is -0.508 e. The van der Waals surface area contributed by atoms with E-state index in [-0.39, 0.29) is 29.2 Å². The number of phenolic OH excluding ortho intramolecular Hbond substituents is 1. The Balaban J connectivity index is 2.42. The van der Waals surface area contributed by atoms with Crippen molar-refractivity contribution in [2.45, 2.75) is 13.3 Å². The lowest BCUT2D eigenvalue weighted by molar-refractivity contribution is -0.384. The van der Waals surface area contributed by atoms with Gasteiger partial charge in [0.2, 0.25) is 0 Å². The molecule has 0 amide bonds. The van der Waals surface area contributed by atoms with Crippen LogP contribution in [0.4, 0.5) is 11.4 Å². The first-order chi connectivity index (χ1) is 9.49. The molecule has 0 unspecified atom stereocenters. The van der Waals surface area contributed by atoms with Gasteiger partial charge in [0.1, 0.15) is 17.2 Å². The fourth-order valence-corrected chi connectivity index (χ4v) is 2.22. The topological polar surface area (TPSA) is 92.9 Å². The maximum Gasteiger partial charge on any atom is 0.293 e. The van der Waals surface area contributed by atoms with Crippen LogP contribution < -0.4 is 4.90 Å². The van der Waals surface area contributed by atoms with E-state index in [9.17, 15) is 20.0 Å². The average Bonchev–Trinajstić information content (AvgIpc) is 2.41. The summed E-state index contributed by atoms with van der Waals surface area (Å²) in [6.07, 6.45) is -0.0178. The zero-order valence-electron chi connectivity index (χ0n) is 11.2. The number of rotatable bonds is 4. The minimum atomic E-state index is -0.492. The molecule has 1 N–H and O–H groups in total. The van der Waals surface area contributed by atoms with Crippen LogP contribution in [-0.2, 0) is 16.0 Å². The first kappa shape index (κ1) is 14.3. The second-order valence-corrected chi connectivity index (χ2v) is 4.70. The molecule has 1 aliphatic heterocycles. The lowest BCUT2D eigenvalue weighted by Crippen LogP contribution is -2.36. The molecular weight excluding hydrogens is 264 g/mol. The number of aromatic hydroxyl groups is 1. The summed E-state index contributed by atoms with van der Waals surface area (Å²) < 4.78 is 5.21. The SMILES string of the molecule is CC(=O)Cc1cc([N+](=O)[O-])c(N2CCOCC2)cc1O. The van der Waals surface area contributed by atoms with Gasteiger partial charge in [0.15, 0.2) is 0 Å². The van der Waals surface area contributed by atoms with Crippen molar-refractivity contribution in [2.75, 3.05) is 31.2 Å². The average molecular weight is 280 g/mol. The maximum atomic E-state index is 11.2. The molecule has 0 saturated carbocycles. The molecule has 2 rings (SSSR count). The van der Waals surface area contributed by atoms with Gasteiger partial charge in [-0.25, -0.2) is 0 Å². The molecule has 1 aromatic carbocycles. The lowest BCUT2D eigenvalue weighted by atomic mass is 10.1. The third kappa shape index (κ3) is 3.05. The Morgan fingerprint density at radius 1 is 1.45 bits per heavy atom. The number of carbonyl (C=O) groups excluding carboxylic acids is 1.